The molecule has 3 aromatic carbocycles. The average Bonchev–Trinajstić information content (AvgIpc) is 3.13. The average molecular weight is 526 g/mol. The van der Waals surface area contributed by atoms with Crippen molar-refractivity contribution in [3.63, 3.8) is 0 Å². The molecule has 9 heteroatoms. The normalized spacial score (nSPS) is 17.6. The Labute approximate surface area is 217 Å². The zero-order chi connectivity index (χ0) is 27.8. The Morgan fingerprint density at radius 3 is 2.11 bits per heavy atom. The summed E-state index contributed by atoms with van der Waals surface area (Å²) in [7, 11) is 1.54. The Kier molecular flexibility index (Phi) is 6.97. The number of carbonyl (C=O) groups excluding carboxylic acids is 2. The van der Waals surface area contributed by atoms with Gasteiger partial charge in [0.25, 0.3) is 11.7 Å². The molecule has 0 saturated carbocycles. The number of rotatable bonds is 5. The molecule has 0 aliphatic carbocycles. The van der Waals surface area contributed by atoms with Crippen LogP contribution < -0.4 is 14.4 Å². The smallest absolute Gasteiger partial charge is 0.507 e. The number of Topliss-reactive ketones (excluding diaryl/α,β-unsaturated/α-hetero) is 1. The van der Waals surface area contributed by atoms with Gasteiger partial charge in [-0.1, -0.05) is 51.1 Å². The Morgan fingerprint density at radius 2 is 1.55 bits per heavy atom. The minimum absolute atomic E-state index is 0.137. The van der Waals surface area contributed by atoms with E-state index in [9.17, 15) is 27.9 Å². The van der Waals surface area contributed by atoms with E-state index in [1.54, 1.807) is 48.5 Å². The molecule has 1 amide bonds. The minimum atomic E-state index is -4.88. The van der Waals surface area contributed by atoms with Gasteiger partial charge >= 0.3 is 6.36 Å². The van der Waals surface area contributed by atoms with Crippen molar-refractivity contribution < 1.29 is 37.3 Å². The maximum Gasteiger partial charge on any atom is 0.573 e. The highest BCUT2D eigenvalue weighted by atomic mass is 19.4. The van der Waals surface area contributed by atoms with Crippen LogP contribution in [0.4, 0.5) is 18.9 Å². The third-order valence-corrected chi connectivity index (χ3v) is 6.19. The fourth-order valence-corrected chi connectivity index (χ4v) is 4.45. The van der Waals surface area contributed by atoms with Crippen molar-refractivity contribution in [2.24, 2.45) is 0 Å². The van der Waals surface area contributed by atoms with Gasteiger partial charge in [-0.05, 0) is 53.4 Å². The molecule has 1 fully saturated rings. The summed E-state index contributed by atoms with van der Waals surface area (Å²) in [5, 5.41) is 11.4. The lowest BCUT2D eigenvalue weighted by Gasteiger charge is -2.26. The topological polar surface area (TPSA) is 76.1 Å². The van der Waals surface area contributed by atoms with Gasteiger partial charge in [0.05, 0.1) is 18.7 Å². The molecule has 0 radical (unpaired) electrons. The van der Waals surface area contributed by atoms with E-state index >= 15 is 0 Å². The van der Waals surface area contributed by atoms with Crippen molar-refractivity contribution in [2.75, 3.05) is 12.0 Å². The zero-order valence-electron chi connectivity index (χ0n) is 21.2. The second-order valence-corrected chi connectivity index (χ2v) is 9.79. The van der Waals surface area contributed by atoms with Crippen LogP contribution >= 0.6 is 0 Å². The van der Waals surface area contributed by atoms with Crippen molar-refractivity contribution >= 4 is 23.1 Å². The lowest BCUT2D eigenvalue weighted by Crippen LogP contribution is -2.29. The molecule has 0 bridgehead atoms. The first-order chi connectivity index (χ1) is 17.8. The predicted octanol–water partition coefficient (Wildman–Crippen LogP) is 6.52. The molecule has 0 aromatic heterocycles. The Morgan fingerprint density at radius 1 is 0.921 bits per heavy atom. The standard InChI is InChI=1S/C29H26F3NO5/c1-28(2,3)21-16-18(10-15-22(21)37-4)25(34)23-24(17-8-6-5-7-9-17)33(27(36)26(23)35)19-11-13-20(14-12-19)38-29(30,31)32/h5-16,24,34H,1-4H3/b25-23-. The van der Waals surface area contributed by atoms with Crippen LogP contribution in [0.25, 0.3) is 5.76 Å². The molecule has 1 N–H and O–H groups in total. The van der Waals surface area contributed by atoms with E-state index < -0.39 is 29.8 Å². The molecule has 198 valence electrons. The summed E-state index contributed by atoms with van der Waals surface area (Å²) in [6.45, 7) is 5.93. The van der Waals surface area contributed by atoms with Gasteiger partial charge in [-0.3, -0.25) is 14.5 Å². The number of amides is 1. The van der Waals surface area contributed by atoms with E-state index in [0.717, 1.165) is 22.6 Å². The monoisotopic (exact) mass is 525 g/mol. The van der Waals surface area contributed by atoms with Crippen molar-refractivity contribution in [3.05, 3.63) is 95.1 Å². The van der Waals surface area contributed by atoms with Crippen LogP contribution in [0.5, 0.6) is 11.5 Å². The number of nitrogens with zero attached hydrogens (tertiary/aromatic N) is 1. The van der Waals surface area contributed by atoms with Gasteiger partial charge in [0, 0.05) is 16.8 Å². The van der Waals surface area contributed by atoms with E-state index in [4.69, 9.17) is 4.74 Å². The van der Waals surface area contributed by atoms with Crippen LogP contribution in [-0.2, 0) is 15.0 Å². The van der Waals surface area contributed by atoms with Gasteiger partial charge in [0.1, 0.15) is 17.3 Å². The van der Waals surface area contributed by atoms with Crippen molar-refractivity contribution in [3.8, 4) is 11.5 Å². The Hall–Kier alpha value is -4.27. The molecule has 38 heavy (non-hydrogen) atoms. The van der Waals surface area contributed by atoms with Gasteiger partial charge in [0.15, 0.2) is 0 Å². The Balaban J connectivity index is 1.87. The summed E-state index contributed by atoms with van der Waals surface area (Å²) in [6.07, 6.45) is -4.88. The molecule has 4 rings (SSSR count). The second kappa shape index (κ2) is 9.89. The molecule has 1 aliphatic heterocycles. The molecule has 1 aliphatic rings. The molecular formula is C29H26F3NO5. The number of alkyl halides is 3. The maximum atomic E-state index is 13.3. The number of ketones is 1. The summed E-state index contributed by atoms with van der Waals surface area (Å²) < 4.78 is 47.2. The van der Waals surface area contributed by atoms with E-state index in [2.05, 4.69) is 4.74 Å². The zero-order valence-corrected chi connectivity index (χ0v) is 21.2. The number of halogens is 3. The number of ether oxygens (including phenoxy) is 2. The summed E-state index contributed by atoms with van der Waals surface area (Å²) in [5.74, 6) is -2.07. The van der Waals surface area contributed by atoms with Crippen molar-refractivity contribution in [2.45, 2.75) is 38.6 Å². The molecular weight excluding hydrogens is 499 g/mol. The summed E-state index contributed by atoms with van der Waals surface area (Å²) in [6, 6.07) is 17.2. The number of anilines is 1. The molecule has 6 nitrogen and oxygen atoms in total. The van der Waals surface area contributed by atoms with Crippen LogP contribution in [0.3, 0.4) is 0 Å². The highest BCUT2D eigenvalue weighted by molar-refractivity contribution is 6.51. The molecule has 3 aromatic rings. The number of carbonyl (C=O) groups is 2. The SMILES string of the molecule is COc1ccc(/C(O)=C2/C(=O)C(=O)N(c3ccc(OC(F)(F)F)cc3)C2c2ccccc2)cc1C(C)(C)C. The van der Waals surface area contributed by atoms with Gasteiger partial charge in [-0.25, -0.2) is 0 Å². The molecule has 1 saturated heterocycles. The maximum absolute atomic E-state index is 13.3. The van der Waals surface area contributed by atoms with Crippen molar-refractivity contribution in [1.29, 1.82) is 0 Å². The molecule has 1 atom stereocenters. The van der Waals surface area contributed by atoms with Gasteiger partial charge < -0.3 is 14.6 Å². The first-order valence-corrected chi connectivity index (χ1v) is 11.7. The number of methoxy groups -OCH3 is 1. The van der Waals surface area contributed by atoms with Crippen LogP contribution in [0.2, 0.25) is 0 Å². The molecule has 1 heterocycles. The van der Waals surface area contributed by atoms with Gasteiger partial charge in [-0.15, -0.1) is 13.2 Å². The van der Waals surface area contributed by atoms with Crippen LogP contribution in [0, 0.1) is 0 Å². The number of hydrogen-bond donors (Lipinski definition) is 1. The van der Waals surface area contributed by atoms with Gasteiger partial charge in [-0.2, -0.15) is 0 Å². The van der Waals surface area contributed by atoms with Crippen LogP contribution in [0.15, 0.2) is 78.4 Å². The van der Waals surface area contributed by atoms with E-state index in [1.807, 2.05) is 20.8 Å². The van der Waals surface area contributed by atoms with E-state index in [-0.39, 0.29) is 22.4 Å². The highest BCUT2D eigenvalue weighted by Gasteiger charge is 2.47. The van der Waals surface area contributed by atoms with Crippen molar-refractivity contribution in [1.82, 2.24) is 0 Å². The Bertz CT molecular complexity index is 1390. The van der Waals surface area contributed by atoms with E-state index in [0.29, 0.717) is 16.9 Å². The summed E-state index contributed by atoms with van der Waals surface area (Å²) >= 11 is 0. The highest BCUT2D eigenvalue weighted by Crippen LogP contribution is 2.43. The second-order valence-electron chi connectivity index (χ2n) is 9.79. The summed E-state index contributed by atoms with van der Waals surface area (Å²) in [4.78, 5) is 27.8. The third kappa shape index (κ3) is 5.22. The first-order valence-electron chi connectivity index (χ1n) is 11.7. The minimum Gasteiger partial charge on any atom is -0.507 e. The summed E-state index contributed by atoms with van der Waals surface area (Å²) in [5.41, 5.74) is 1.32. The number of hydrogen-bond acceptors (Lipinski definition) is 5. The van der Waals surface area contributed by atoms with Crippen LogP contribution in [0.1, 0.15) is 43.5 Å². The fourth-order valence-electron chi connectivity index (χ4n) is 4.45. The number of benzene rings is 3. The first kappa shape index (κ1) is 26.8. The molecule has 0 spiro atoms. The lowest BCUT2D eigenvalue weighted by molar-refractivity contribution is -0.274. The van der Waals surface area contributed by atoms with Crippen LogP contribution in [-0.4, -0.2) is 30.3 Å². The largest absolute Gasteiger partial charge is 0.573 e. The molecule has 1 unspecified atom stereocenters. The number of aliphatic hydroxyl groups excluding tert-OH is 1. The quantitative estimate of drug-likeness (QED) is 0.233. The van der Waals surface area contributed by atoms with E-state index in [1.165, 1.54) is 19.2 Å². The third-order valence-electron chi connectivity index (χ3n) is 6.19. The fraction of sp³-hybridized carbons (Fsp3) is 0.241. The van der Waals surface area contributed by atoms with Gasteiger partial charge in [0.2, 0.25) is 0 Å². The lowest BCUT2D eigenvalue weighted by atomic mass is 9.84. The predicted molar refractivity (Wildman–Crippen MR) is 136 cm³/mol. The number of aliphatic hydroxyl groups is 1.